The summed E-state index contributed by atoms with van der Waals surface area (Å²) in [6.07, 6.45) is 6.84. The molecule has 1 N–H and O–H groups in total. The molecule has 4 heteroatoms. The monoisotopic (exact) mass is 345 g/mol. The lowest BCUT2D eigenvalue weighted by molar-refractivity contribution is -0.125. The van der Waals surface area contributed by atoms with E-state index in [0.29, 0.717) is 5.56 Å². The predicted octanol–water partition coefficient (Wildman–Crippen LogP) is 4.22. The van der Waals surface area contributed by atoms with E-state index in [2.05, 4.69) is 12.2 Å². The van der Waals surface area contributed by atoms with Crippen molar-refractivity contribution in [2.45, 2.75) is 79.2 Å². The maximum atomic E-state index is 12.6. The average Bonchev–Trinajstić information content (AvgIpc) is 2.85. The first-order valence-electron chi connectivity index (χ1n) is 9.36. The third-order valence-corrected chi connectivity index (χ3v) is 5.76. The van der Waals surface area contributed by atoms with E-state index in [1.54, 1.807) is 0 Å². The number of hydrogen-bond donors (Lipinski definition) is 1. The van der Waals surface area contributed by atoms with Gasteiger partial charge in [-0.3, -0.25) is 4.79 Å². The van der Waals surface area contributed by atoms with Gasteiger partial charge in [-0.2, -0.15) is 0 Å². The van der Waals surface area contributed by atoms with E-state index in [0.717, 1.165) is 47.9 Å². The van der Waals surface area contributed by atoms with Crippen LogP contribution in [0.15, 0.2) is 0 Å². The van der Waals surface area contributed by atoms with Gasteiger partial charge in [-0.05, 0) is 75.3 Å². The van der Waals surface area contributed by atoms with Crippen LogP contribution in [0.1, 0.15) is 76.7 Å². The van der Waals surface area contributed by atoms with Crippen LogP contribution in [0.3, 0.4) is 0 Å². The molecule has 4 nitrogen and oxygen atoms in total. The fraction of sp³-hybridized carbons (Fsp3) is 0.619. The Morgan fingerprint density at radius 2 is 1.32 bits per heavy atom. The van der Waals surface area contributed by atoms with Crippen molar-refractivity contribution in [1.29, 1.82) is 0 Å². The molecule has 2 rings (SSSR count). The summed E-state index contributed by atoms with van der Waals surface area (Å²) in [7, 11) is 0. The summed E-state index contributed by atoms with van der Waals surface area (Å²) in [6.45, 7) is 9.79. The molecule has 1 aromatic rings. The summed E-state index contributed by atoms with van der Waals surface area (Å²) in [5, 5.41) is 3.01. The van der Waals surface area contributed by atoms with Crippen molar-refractivity contribution in [2.24, 2.45) is 0 Å². The van der Waals surface area contributed by atoms with Crippen molar-refractivity contribution in [3.8, 4) is 0 Å². The van der Waals surface area contributed by atoms with E-state index < -0.39 is 5.97 Å². The topological polar surface area (TPSA) is 55.4 Å². The predicted molar refractivity (Wildman–Crippen MR) is 100 cm³/mol. The first-order valence-corrected chi connectivity index (χ1v) is 9.36. The average molecular weight is 345 g/mol. The van der Waals surface area contributed by atoms with Gasteiger partial charge in [0.25, 0.3) is 5.91 Å². The van der Waals surface area contributed by atoms with Gasteiger partial charge >= 0.3 is 5.97 Å². The smallest absolute Gasteiger partial charge is 0.339 e. The lowest BCUT2D eigenvalue weighted by atomic mass is 9.90. The molecule has 1 fully saturated rings. The summed E-state index contributed by atoms with van der Waals surface area (Å²) in [5.41, 5.74) is 5.90. The van der Waals surface area contributed by atoms with Crippen molar-refractivity contribution >= 4 is 11.9 Å². The zero-order valence-corrected chi connectivity index (χ0v) is 16.3. The molecule has 0 aliphatic heterocycles. The van der Waals surface area contributed by atoms with Gasteiger partial charge in [-0.25, -0.2) is 4.79 Å². The first-order chi connectivity index (χ1) is 11.8. The molecular weight excluding hydrogens is 314 g/mol. The second-order valence-corrected chi connectivity index (χ2v) is 7.33. The third-order valence-electron chi connectivity index (χ3n) is 5.76. The van der Waals surface area contributed by atoms with Gasteiger partial charge in [-0.15, -0.1) is 0 Å². The summed E-state index contributed by atoms with van der Waals surface area (Å²) in [6, 6.07) is 0.223. The molecule has 0 spiro atoms. The number of hydrogen-bond acceptors (Lipinski definition) is 3. The Labute approximate surface area is 151 Å². The number of rotatable bonds is 4. The Morgan fingerprint density at radius 3 is 1.84 bits per heavy atom. The molecule has 1 aliphatic carbocycles. The van der Waals surface area contributed by atoms with Crippen LogP contribution in [0.2, 0.25) is 0 Å². The normalized spacial score (nSPS) is 15.6. The van der Waals surface area contributed by atoms with Crippen molar-refractivity contribution in [3.63, 3.8) is 0 Å². The Kier molecular flexibility index (Phi) is 6.63. The molecule has 0 radical (unpaired) electrons. The van der Waals surface area contributed by atoms with Crippen LogP contribution < -0.4 is 5.32 Å². The first kappa shape index (κ1) is 19.5. The maximum Gasteiger partial charge on any atom is 0.339 e. The van der Waals surface area contributed by atoms with Gasteiger partial charge in [0.05, 0.1) is 5.56 Å². The highest BCUT2D eigenvalue weighted by Crippen LogP contribution is 2.26. The Bertz CT molecular complexity index is 627. The molecule has 0 unspecified atom stereocenters. The highest BCUT2D eigenvalue weighted by Gasteiger charge is 2.21. The van der Waals surface area contributed by atoms with E-state index in [1.807, 2.05) is 27.7 Å². The molecule has 138 valence electrons. The minimum absolute atomic E-state index is 0.198. The van der Waals surface area contributed by atoms with Crippen LogP contribution in [0.25, 0.3) is 0 Å². The van der Waals surface area contributed by atoms with E-state index in [1.165, 1.54) is 18.4 Å². The molecule has 0 atom stereocenters. The Morgan fingerprint density at radius 1 is 0.840 bits per heavy atom. The van der Waals surface area contributed by atoms with Crippen molar-refractivity contribution in [1.82, 2.24) is 5.32 Å². The number of esters is 1. The summed E-state index contributed by atoms with van der Waals surface area (Å²) < 4.78 is 5.32. The van der Waals surface area contributed by atoms with E-state index in [9.17, 15) is 9.59 Å². The fourth-order valence-electron chi connectivity index (χ4n) is 3.70. The van der Waals surface area contributed by atoms with Gasteiger partial charge in [0.2, 0.25) is 0 Å². The number of carbonyl (C=O) groups excluding carboxylic acids is 2. The van der Waals surface area contributed by atoms with Crippen molar-refractivity contribution < 1.29 is 14.3 Å². The molecule has 1 aromatic carbocycles. The molecule has 0 heterocycles. The highest BCUT2D eigenvalue weighted by molar-refractivity contribution is 5.95. The summed E-state index contributed by atoms with van der Waals surface area (Å²) >= 11 is 0. The number of carbonyl (C=O) groups is 2. The second-order valence-electron chi connectivity index (χ2n) is 7.33. The molecule has 0 bridgehead atoms. The van der Waals surface area contributed by atoms with Crippen LogP contribution in [-0.2, 0) is 9.53 Å². The lowest BCUT2D eigenvalue weighted by Crippen LogP contribution is -2.37. The largest absolute Gasteiger partial charge is 0.452 e. The molecular formula is C21H31NO3. The molecule has 1 aliphatic rings. The number of nitrogens with one attached hydrogen (secondary N) is 1. The van der Waals surface area contributed by atoms with Crippen LogP contribution in [0.4, 0.5) is 0 Å². The van der Waals surface area contributed by atoms with E-state index >= 15 is 0 Å². The van der Waals surface area contributed by atoms with Crippen LogP contribution in [-0.4, -0.2) is 24.5 Å². The lowest BCUT2D eigenvalue weighted by Gasteiger charge is -2.18. The fourth-order valence-corrected chi connectivity index (χ4v) is 3.70. The Balaban J connectivity index is 1.99. The second kappa shape index (κ2) is 8.50. The van der Waals surface area contributed by atoms with E-state index in [-0.39, 0.29) is 18.6 Å². The van der Waals surface area contributed by atoms with Gasteiger partial charge in [0.1, 0.15) is 0 Å². The number of ether oxygens (including phenoxy) is 1. The molecule has 0 saturated heterocycles. The highest BCUT2D eigenvalue weighted by atomic mass is 16.5. The van der Waals surface area contributed by atoms with Crippen molar-refractivity contribution in [3.05, 3.63) is 33.4 Å². The molecule has 0 aromatic heterocycles. The maximum absolute atomic E-state index is 12.6. The van der Waals surface area contributed by atoms with Crippen LogP contribution in [0.5, 0.6) is 0 Å². The number of amides is 1. The van der Waals surface area contributed by atoms with Gasteiger partial charge in [0, 0.05) is 6.04 Å². The quantitative estimate of drug-likeness (QED) is 0.656. The van der Waals surface area contributed by atoms with Crippen molar-refractivity contribution in [2.75, 3.05) is 6.61 Å². The van der Waals surface area contributed by atoms with Gasteiger partial charge < -0.3 is 10.1 Å². The Hall–Kier alpha value is -1.84. The van der Waals surface area contributed by atoms with Gasteiger partial charge in [0.15, 0.2) is 6.61 Å². The molecule has 25 heavy (non-hydrogen) atoms. The molecule has 1 amide bonds. The van der Waals surface area contributed by atoms with Crippen LogP contribution >= 0.6 is 0 Å². The van der Waals surface area contributed by atoms with Crippen LogP contribution in [0, 0.1) is 34.6 Å². The summed E-state index contributed by atoms with van der Waals surface area (Å²) in [4.78, 5) is 24.7. The van der Waals surface area contributed by atoms with Gasteiger partial charge in [-0.1, -0.05) is 25.7 Å². The standard InChI is InChI=1S/C21H31NO3/c1-13-14(2)16(4)20(17(5)15(13)3)21(24)25-12-19(23)22-18-10-8-6-7-9-11-18/h18H,6-12H2,1-5H3,(H,22,23). The minimum atomic E-state index is -0.405. The van der Waals surface area contributed by atoms with E-state index in [4.69, 9.17) is 4.74 Å². The summed E-state index contributed by atoms with van der Waals surface area (Å²) in [5.74, 6) is -0.603. The number of benzene rings is 1. The SMILES string of the molecule is Cc1c(C)c(C)c(C(=O)OCC(=O)NC2CCCCCC2)c(C)c1C. The zero-order chi connectivity index (χ0) is 18.6. The third kappa shape index (κ3) is 4.62. The zero-order valence-electron chi connectivity index (χ0n) is 16.3. The minimum Gasteiger partial charge on any atom is -0.452 e. The molecule has 1 saturated carbocycles.